The number of urea groups is 1. The highest BCUT2D eigenvalue weighted by molar-refractivity contribution is 7.88. The first-order valence-electron chi connectivity index (χ1n) is 6.98. The smallest absolute Gasteiger partial charge is 0.323 e. The second-order valence-corrected chi connectivity index (χ2v) is 7.63. The van der Waals surface area contributed by atoms with Gasteiger partial charge in [0, 0.05) is 32.7 Å². The van der Waals surface area contributed by atoms with Crippen LogP contribution >= 0.6 is 0 Å². The molecule has 2 amide bonds. The first-order valence-corrected chi connectivity index (χ1v) is 8.83. The monoisotopic (exact) mass is 319 g/mol. The lowest BCUT2D eigenvalue weighted by molar-refractivity contribution is -0.137. The molecule has 9 heteroatoms. The van der Waals surface area contributed by atoms with Crippen molar-refractivity contribution in [3.8, 4) is 0 Å². The van der Waals surface area contributed by atoms with Crippen LogP contribution in [-0.4, -0.2) is 85.2 Å². The molecule has 0 aromatic rings. The summed E-state index contributed by atoms with van der Waals surface area (Å²) in [7, 11) is -3.24. The Kier molecular flexibility index (Phi) is 4.72. The van der Waals surface area contributed by atoms with E-state index < -0.39 is 16.0 Å². The summed E-state index contributed by atoms with van der Waals surface area (Å²) in [6, 6.07) is -0.308. The van der Waals surface area contributed by atoms with E-state index in [1.165, 1.54) is 14.1 Å². The number of carboxylic acid groups (broad SMARTS) is 1. The Morgan fingerprint density at radius 3 is 2.19 bits per heavy atom. The molecule has 8 nitrogen and oxygen atoms in total. The van der Waals surface area contributed by atoms with E-state index in [1.807, 2.05) is 0 Å². The highest BCUT2D eigenvalue weighted by Crippen LogP contribution is 2.30. The highest BCUT2D eigenvalue weighted by atomic mass is 32.2. The van der Waals surface area contributed by atoms with Crippen LogP contribution in [0.25, 0.3) is 0 Å². The van der Waals surface area contributed by atoms with Crippen molar-refractivity contribution in [3.05, 3.63) is 0 Å². The van der Waals surface area contributed by atoms with Crippen LogP contribution in [0.1, 0.15) is 12.8 Å². The summed E-state index contributed by atoms with van der Waals surface area (Å²) in [6.45, 7) is 1.28. The number of carbonyl (C=O) groups is 2. The Balaban J connectivity index is 1.93. The third-order valence-electron chi connectivity index (χ3n) is 3.75. The van der Waals surface area contributed by atoms with Gasteiger partial charge in [-0.1, -0.05) is 0 Å². The minimum absolute atomic E-state index is 0.259. The number of amides is 2. The largest absolute Gasteiger partial charge is 0.480 e. The second kappa shape index (κ2) is 6.18. The molecule has 1 saturated carbocycles. The third-order valence-corrected chi connectivity index (χ3v) is 5.05. The molecule has 2 aliphatic rings. The predicted octanol–water partition coefficient (Wildman–Crippen LogP) is -0.520. The number of hydrogen-bond donors (Lipinski definition) is 1. The van der Waals surface area contributed by atoms with Gasteiger partial charge in [0.1, 0.15) is 6.54 Å². The maximum atomic E-state index is 12.4. The molecule has 1 aliphatic carbocycles. The van der Waals surface area contributed by atoms with E-state index in [4.69, 9.17) is 5.11 Å². The molecule has 0 aromatic heterocycles. The van der Waals surface area contributed by atoms with Crippen LogP contribution < -0.4 is 0 Å². The average molecular weight is 319 g/mol. The van der Waals surface area contributed by atoms with E-state index in [-0.39, 0.29) is 25.7 Å². The molecular weight excluding hydrogens is 298 g/mol. The molecule has 0 aromatic carbocycles. The van der Waals surface area contributed by atoms with Crippen molar-refractivity contribution in [1.82, 2.24) is 14.1 Å². The minimum Gasteiger partial charge on any atom is -0.480 e. The van der Waals surface area contributed by atoms with Gasteiger partial charge in [-0.2, -0.15) is 4.31 Å². The molecule has 0 bridgehead atoms. The zero-order valence-electron chi connectivity index (χ0n) is 12.1. The molecule has 0 unspecified atom stereocenters. The highest BCUT2D eigenvalue weighted by Gasteiger charge is 2.32. The maximum Gasteiger partial charge on any atom is 0.323 e. The first kappa shape index (κ1) is 16.0. The summed E-state index contributed by atoms with van der Waals surface area (Å²) in [5.74, 6) is -0.621. The molecule has 2 fully saturated rings. The summed E-state index contributed by atoms with van der Waals surface area (Å²) in [6.07, 6.45) is 3.21. The van der Waals surface area contributed by atoms with Crippen molar-refractivity contribution in [2.75, 3.05) is 45.5 Å². The van der Waals surface area contributed by atoms with Gasteiger partial charge in [-0.15, -0.1) is 0 Å². The Labute approximate surface area is 124 Å². The van der Waals surface area contributed by atoms with Gasteiger partial charge >= 0.3 is 12.0 Å². The van der Waals surface area contributed by atoms with Crippen LogP contribution in [0.2, 0.25) is 0 Å². The van der Waals surface area contributed by atoms with Gasteiger partial charge in [-0.25, -0.2) is 13.2 Å². The SMILES string of the molecule is CS(=O)(=O)N1CCN(C(=O)N(CC(=O)O)CC2CC2)CC1. The first-order chi connectivity index (χ1) is 9.77. The number of sulfonamides is 1. The maximum absolute atomic E-state index is 12.4. The Morgan fingerprint density at radius 2 is 1.76 bits per heavy atom. The topological polar surface area (TPSA) is 98.2 Å². The number of piperazine rings is 1. The van der Waals surface area contributed by atoms with Crippen molar-refractivity contribution in [2.45, 2.75) is 12.8 Å². The fourth-order valence-corrected chi connectivity index (χ4v) is 3.22. The quantitative estimate of drug-likeness (QED) is 0.735. The zero-order chi connectivity index (χ0) is 15.6. The number of carboxylic acids is 1. The van der Waals surface area contributed by atoms with Gasteiger partial charge in [-0.3, -0.25) is 4.79 Å². The molecule has 1 heterocycles. The Bertz CT molecular complexity index is 509. The minimum atomic E-state index is -3.24. The van der Waals surface area contributed by atoms with E-state index in [1.54, 1.807) is 0 Å². The number of hydrogen-bond acceptors (Lipinski definition) is 4. The molecule has 120 valence electrons. The average Bonchev–Trinajstić information content (AvgIpc) is 3.20. The van der Waals surface area contributed by atoms with Crippen molar-refractivity contribution in [1.29, 1.82) is 0 Å². The fraction of sp³-hybridized carbons (Fsp3) is 0.833. The molecular formula is C12H21N3O5S. The van der Waals surface area contributed by atoms with Crippen LogP contribution in [0.15, 0.2) is 0 Å². The second-order valence-electron chi connectivity index (χ2n) is 5.65. The van der Waals surface area contributed by atoms with Crippen LogP contribution in [0.3, 0.4) is 0 Å². The van der Waals surface area contributed by atoms with Gasteiger partial charge in [0.15, 0.2) is 0 Å². The fourth-order valence-electron chi connectivity index (χ4n) is 2.40. The number of rotatable bonds is 5. The molecule has 2 rings (SSSR count). The van der Waals surface area contributed by atoms with Crippen molar-refractivity contribution in [3.63, 3.8) is 0 Å². The van der Waals surface area contributed by atoms with Gasteiger partial charge < -0.3 is 14.9 Å². The van der Waals surface area contributed by atoms with Crippen LogP contribution in [0.5, 0.6) is 0 Å². The number of carbonyl (C=O) groups excluding carboxylic acids is 1. The lowest BCUT2D eigenvalue weighted by Gasteiger charge is -2.36. The third kappa shape index (κ3) is 4.57. The summed E-state index contributed by atoms with van der Waals surface area (Å²) >= 11 is 0. The Morgan fingerprint density at radius 1 is 1.19 bits per heavy atom. The Hall–Kier alpha value is -1.35. The predicted molar refractivity (Wildman–Crippen MR) is 75.3 cm³/mol. The summed E-state index contributed by atoms with van der Waals surface area (Å²) < 4.78 is 24.2. The summed E-state index contributed by atoms with van der Waals surface area (Å²) in [4.78, 5) is 26.1. The van der Waals surface area contributed by atoms with Crippen LogP contribution in [0, 0.1) is 5.92 Å². The van der Waals surface area contributed by atoms with Crippen molar-refractivity contribution in [2.24, 2.45) is 5.92 Å². The lowest BCUT2D eigenvalue weighted by atomic mass is 10.3. The van der Waals surface area contributed by atoms with E-state index in [0.717, 1.165) is 19.1 Å². The summed E-state index contributed by atoms with van der Waals surface area (Å²) in [5.41, 5.74) is 0. The van der Waals surface area contributed by atoms with Crippen LogP contribution in [0.4, 0.5) is 4.79 Å². The van der Waals surface area contributed by atoms with Gasteiger partial charge in [0.25, 0.3) is 0 Å². The molecule has 1 saturated heterocycles. The zero-order valence-corrected chi connectivity index (χ0v) is 12.9. The van der Waals surface area contributed by atoms with Gasteiger partial charge in [0.05, 0.1) is 6.26 Å². The van der Waals surface area contributed by atoms with Gasteiger partial charge in [-0.05, 0) is 18.8 Å². The van der Waals surface area contributed by atoms with Crippen LogP contribution in [-0.2, 0) is 14.8 Å². The molecule has 1 aliphatic heterocycles. The molecule has 1 N–H and O–H groups in total. The normalized spacial score (nSPS) is 20.3. The van der Waals surface area contributed by atoms with E-state index in [9.17, 15) is 18.0 Å². The molecule has 0 spiro atoms. The van der Waals surface area contributed by atoms with E-state index >= 15 is 0 Å². The van der Waals surface area contributed by atoms with Crippen molar-refractivity contribution >= 4 is 22.0 Å². The lowest BCUT2D eigenvalue weighted by Crippen LogP contribution is -2.54. The summed E-state index contributed by atoms with van der Waals surface area (Å²) in [5, 5.41) is 8.91. The standard InChI is InChI=1S/C12H21N3O5S/c1-21(19,20)15-6-4-13(5-7-15)12(18)14(9-11(16)17)8-10-2-3-10/h10H,2-9H2,1H3,(H,16,17). The van der Waals surface area contributed by atoms with Crippen molar-refractivity contribution < 1.29 is 23.1 Å². The van der Waals surface area contributed by atoms with E-state index in [0.29, 0.717) is 25.6 Å². The number of aliphatic carboxylic acids is 1. The number of nitrogens with zero attached hydrogens (tertiary/aromatic N) is 3. The molecule has 0 radical (unpaired) electrons. The molecule has 21 heavy (non-hydrogen) atoms. The molecule has 0 atom stereocenters. The van der Waals surface area contributed by atoms with Gasteiger partial charge in [0.2, 0.25) is 10.0 Å². The van der Waals surface area contributed by atoms with E-state index in [2.05, 4.69) is 0 Å².